The Bertz CT molecular complexity index is 0. The molecule has 0 spiro atoms. The van der Waals surface area contributed by atoms with Crippen molar-refractivity contribution in [1.29, 1.82) is 0 Å². The summed E-state index contributed by atoms with van der Waals surface area (Å²) in [6.45, 7) is 0. The quantitative estimate of drug-likeness (QED) is 0.345. The summed E-state index contributed by atoms with van der Waals surface area (Å²) in [5.41, 5.74) is 0. The maximum Gasteiger partial charge on any atom is 4.00 e. The fourth-order valence-electron chi connectivity index (χ4n) is 0. The van der Waals surface area contributed by atoms with Gasteiger partial charge in [0.1, 0.15) is 0 Å². The molecule has 0 rings (SSSR count). The Hall–Kier alpha value is 1.45. The SMILES string of the molecule is [Cl+4].[Cl-].[Cl-].[Cl-].[Cl-]. The Morgan fingerprint density at radius 3 is 0.400 bits per heavy atom. The van der Waals surface area contributed by atoms with Crippen LogP contribution in [0.1, 0.15) is 0 Å². The first-order chi connectivity index (χ1) is 0. The first-order valence-corrected chi connectivity index (χ1v) is 0. The van der Waals surface area contributed by atoms with Gasteiger partial charge in [-0.3, -0.25) is 0 Å². The average molecular weight is 177 g/mol. The maximum atomic E-state index is 0. The molecule has 0 aromatic heterocycles. The van der Waals surface area contributed by atoms with Gasteiger partial charge in [-0.25, -0.2) is 0 Å². The maximum absolute atomic E-state index is 0. The Labute approximate surface area is 62.1 Å². The molecule has 5 heteroatoms. The minimum Gasteiger partial charge on any atom is -1.00 e. The first kappa shape index (κ1) is 91.1. The van der Waals surface area contributed by atoms with E-state index in [1.807, 2.05) is 0 Å². The van der Waals surface area contributed by atoms with Gasteiger partial charge in [-0.05, 0) is 0 Å². The molecule has 0 nitrogen and oxygen atoms in total. The van der Waals surface area contributed by atoms with E-state index in [0.29, 0.717) is 0 Å². The molecule has 35 valence electrons. The van der Waals surface area contributed by atoms with Crippen LogP contribution in [-0.4, -0.2) is 0 Å². The largest absolute Gasteiger partial charge is 4.00 e. The van der Waals surface area contributed by atoms with Crippen molar-refractivity contribution in [3.8, 4) is 0 Å². The minimum absolute atomic E-state index is 0. The normalized spacial score (nSPS) is 0. The van der Waals surface area contributed by atoms with Crippen LogP contribution < -0.4 is 49.6 Å². The Morgan fingerprint density at radius 1 is 0.400 bits per heavy atom. The van der Waals surface area contributed by atoms with Crippen molar-refractivity contribution in [2.75, 3.05) is 0 Å². The van der Waals surface area contributed by atoms with Crippen LogP contribution in [0.2, 0.25) is 0 Å². The number of hydrogen-bond donors (Lipinski definition) is 0. The molecule has 0 N–H and O–H groups in total. The molecular formula is Cl5. The van der Waals surface area contributed by atoms with Crippen LogP contribution in [0.25, 0.3) is 0 Å². The zero-order valence-corrected chi connectivity index (χ0v) is 5.67. The summed E-state index contributed by atoms with van der Waals surface area (Å²) in [6, 6.07) is 0. The molecule has 0 aliphatic rings. The number of halogens is 5. The van der Waals surface area contributed by atoms with Gasteiger partial charge in [0.2, 0.25) is 0 Å². The third-order valence-corrected chi connectivity index (χ3v) is 0. The van der Waals surface area contributed by atoms with Crippen LogP contribution in [0, 0.1) is 12.4 Å². The Balaban J connectivity index is 0. The molecular weight excluding hydrogens is 177 g/mol. The monoisotopic (exact) mass is 175 g/mol. The van der Waals surface area contributed by atoms with Crippen molar-refractivity contribution < 1.29 is 62.0 Å². The van der Waals surface area contributed by atoms with Crippen molar-refractivity contribution in [2.45, 2.75) is 0 Å². The van der Waals surface area contributed by atoms with Gasteiger partial charge in [0, 0.05) is 0 Å². The Kier molecular flexibility index (Phi) is 935. The predicted octanol–water partition coefficient (Wildman–Crippen LogP) is -12.0. The molecule has 0 heterocycles. The molecule has 0 bridgehead atoms. The summed E-state index contributed by atoms with van der Waals surface area (Å²) in [5, 5.41) is 0. The average Bonchev–Trinajstić information content (AvgIpc) is 0. The van der Waals surface area contributed by atoms with E-state index in [1.54, 1.807) is 0 Å². The topological polar surface area (TPSA) is 0 Å². The van der Waals surface area contributed by atoms with Gasteiger partial charge in [-0.2, -0.15) is 0 Å². The van der Waals surface area contributed by atoms with Crippen LogP contribution in [0.5, 0.6) is 0 Å². The van der Waals surface area contributed by atoms with Crippen LogP contribution in [0.15, 0.2) is 0 Å². The molecule has 5 heavy (non-hydrogen) atoms. The third-order valence-electron chi connectivity index (χ3n) is 0. The van der Waals surface area contributed by atoms with Gasteiger partial charge in [-0.15, -0.1) is 0 Å². The second-order valence-electron chi connectivity index (χ2n) is 0. The van der Waals surface area contributed by atoms with E-state index in [1.165, 1.54) is 0 Å². The molecule has 0 aromatic rings. The number of hydrogen-bond acceptors (Lipinski definition) is 0. The van der Waals surface area contributed by atoms with E-state index in [2.05, 4.69) is 0 Å². The van der Waals surface area contributed by atoms with Gasteiger partial charge in [0.05, 0.1) is 0 Å². The first-order valence-electron chi connectivity index (χ1n) is 0. The van der Waals surface area contributed by atoms with E-state index in [0.717, 1.165) is 0 Å². The summed E-state index contributed by atoms with van der Waals surface area (Å²) in [6.07, 6.45) is 0. The summed E-state index contributed by atoms with van der Waals surface area (Å²) in [4.78, 5) is 0. The smallest absolute Gasteiger partial charge is 1.00 e. The fourth-order valence-corrected chi connectivity index (χ4v) is 0. The summed E-state index contributed by atoms with van der Waals surface area (Å²) < 4.78 is 0. The van der Waals surface area contributed by atoms with E-state index in [4.69, 9.17) is 0 Å². The molecule has 0 unspecified atom stereocenters. The van der Waals surface area contributed by atoms with Crippen LogP contribution >= 0.6 is 0 Å². The third kappa shape index (κ3) is 30.9. The van der Waals surface area contributed by atoms with Gasteiger partial charge in [0.25, 0.3) is 0 Å². The molecule has 0 atom stereocenters. The van der Waals surface area contributed by atoms with Gasteiger partial charge in [0.15, 0.2) is 0 Å². The molecule has 0 aliphatic carbocycles. The van der Waals surface area contributed by atoms with Crippen molar-refractivity contribution in [3.63, 3.8) is 0 Å². The molecule has 0 amide bonds. The van der Waals surface area contributed by atoms with E-state index in [-0.39, 0.29) is 62.0 Å². The summed E-state index contributed by atoms with van der Waals surface area (Å²) >= 11 is 0. The molecule has 0 saturated heterocycles. The zero-order chi connectivity index (χ0) is 0. The predicted molar refractivity (Wildman–Crippen MR) is 0 cm³/mol. The van der Waals surface area contributed by atoms with Crippen LogP contribution in [0.4, 0.5) is 0 Å². The molecule has 0 fully saturated rings. The summed E-state index contributed by atoms with van der Waals surface area (Å²) in [5.74, 6) is 0. The van der Waals surface area contributed by atoms with Crippen molar-refractivity contribution in [1.82, 2.24) is 0 Å². The molecule has 0 saturated carbocycles. The van der Waals surface area contributed by atoms with Gasteiger partial charge >= 0.3 is 12.4 Å². The van der Waals surface area contributed by atoms with E-state index >= 15 is 0 Å². The second-order valence-corrected chi connectivity index (χ2v) is 0. The molecule has 3 radical (unpaired) electrons. The molecule has 0 aromatic carbocycles. The second kappa shape index (κ2) is 51.3. The van der Waals surface area contributed by atoms with E-state index < -0.39 is 0 Å². The van der Waals surface area contributed by atoms with Gasteiger partial charge in [-0.1, -0.05) is 0 Å². The standard InChI is InChI=1S/4ClH.Cl/h4*1H;/q;;;;+4/p-4. The van der Waals surface area contributed by atoms with Gasteiger partial charge < -0.3 is 49.6 Å². The van der Waals surface area contributed by atoms with E-state index in [9.17, 15) is 0 Å². The van der Waals surface area contributed by atoms with Crippen LogP contribution in [0.3, 0.4) is 0 Å². The number of rotatable bonds is 0. The fraction of sp³-hybridized carbons (Fsp3) is 0. The zero-order valence-electron chi connectivity index (χ0n) is 1.89. The molecule has 0 aliphatic heterocycles. The summed E-state index contributed by atoms with van der Waals surface area (Å²) in [7, 11) is 0. The minimum atomic E-state index is 0. The van der Waals surface area contributed by atoms with Crippen molar-refractivity contribution in [2.24, 2.45) is 0 Å². The van der Waals surface area contributed by atoms with Crippen LogP contribution in [-0.2, 0) is 0 Å². The van der Waals surface area contributed by atoms with Crippen molar-refractivity contribution in [3.05, 3.63) is 0 Å². The Morgan fingerprint density at radius 2 is 0.400 bits per heavy atom. The van der Waals surface area contributed by atoms with Crippen molar-refractivity contribution >= 4 is 0 Å².